The first kappa shape index (κ1) is 15.4. The fourth-order valence-corrected chi connectivity index (χ4v) is 3.67. The SMILES string of the molecule is CC(Cl)(C(=O)Nc1cccc2ccccc12)C1CCCCC1. The normalized spacial score (nSPS) is 18.8. The van der Waals surface area contributed by atoms with E-state index < -0.39 is 4.87 Å². The molecule has 1 atom stereocenters. The van der Waals surface area contributed by atoms with E-state index in [1.807, 2.05) is 49.4 Å². The van der Waals surface area contributed by atoms with Gasteiger partial charge in [-0.05, 0) is 37.1 Å². The van der Waals surface area contributed by atoms with E-state index in [0.717, 1.165) is 29.3 Å². The van der Waals surface area contributed by atoms with Gasteiger partial charge in [-0.2, -0.15) is 0 Å². The van der Waals surface area contributed by atoms with Crippen LogP contribution in [0.15, 0.2) is 42.5 Å². The Labute approximate surface area is 136 Å². The summed E-state index contributed by atoms with van der Waals surface area (Å²) in [6, 6.07) is 14.0. The molecule has 1 fully saturated rings. The number of benzene rings is 2. The molecule has 0 radical (unpaired) electrons. The molecule has 1 aliphatic rings. The van der Waals surface area contributed by atoms with Crippen LogP contribution >= 0.6 is 11.6 Å². The van der Waals surface area contributed by atoms with E-state index in [9.17, 15) is 4.79 Å². The molecular weight excluding hydrogens is 294 g/mol. The lowest BCUT2D eigenvalue weighted by atomic mass is 9.80. The van der Waals surface area contributed by atoms with Crippen molar-refractivity contribution in [1.29, 1.82) is 0 Å². The summed E-state index contributed by atoms with van der Waals surface area (Å²) >= 11 is 6.65. The number of rotatable bonds is 3. The monoisotopic (exact) mass is 315 g/mol. The van der Waals surface area contributed by atoms with E-state index in [4.69, 9.17) is 11.6 Å². The van der Waals surface area contributed by atoms with Gasteiger partial charge in [0.2, 0.25) is 5.91 Å². The van der Waals surface area contributed by atoms with Crippen LogP contribution in [0.4, 0.5) is 5.69 Å². The molecular formula is C19H22ClNO. The summed E-state index contributed by atoms with van der Waals surface area (Å²) < 4.78 is 0. The van der Waals surface area contributed by atoms with Gasteiger partial charge >= 0.3 is 0 Å². The van der Waals surface area contributed by atoms with Crippen molar-refractivity contribution in [3.05, 3.63) is 42.5 Å². The molecule has 0 aromatic heterocycles. The topological polar surface area (TPSA) is 29.1 Å². The lowest BCUT2D eigenvalue weighted by Gasteiger charge is -2.33. The van der Waals surface area contributed by atoms with E-state index in [1.54, 1.807) is 0 Å². The lowest BCUT2D eigenvalue weighted by Crippen LogP contribution is -2.42. The van der Waals surface area contributed by atoms with Gasteiger partial charge in [0.15, 0.2) is 0 Å². The summed E-state index contributed by atoms with van der Waals surface area (Å²) in [4.78, 5) is 11.9. The molecule has 2 aromatic rings. The van der Waals surface area contributed by atoms with Crippen LogP contribution in [0.1, 0.15) is 39.0 Å². The van der Waals surface area contributed by atoms with Crippen molar-refractivity contribution in [2.75, 3.05) is 5.32 Å². The number of carbonyl (C=O) groups is 1. The molecule has 0 heterocycles. The van der Waals surface area contributed by atoms with Crippen LogP contribution in [0.2, 0.25) is 0 Å². The molecule has 1 amide bonds. The summed E-state index contributed by atoms with van der Waals surface area (Å²) in [6.45, 7) is 1.87. The Morgan fingerprint density at radius 1 is 1.09 bits per heavy atom. The van der Waals surface area contributed by atoms with Crippen molar-refractivity contribution < 1.29 is 4.79 Å². The van der Waals surface area contributed by atoms with Crippen LogP contribution in [-0.2, 0) is 4.79 Å². The van der Waals surface area contributed by atoms with Gasteiger partial charge in [0.1, 0.15) is 4.87 Å². The summed E-state index contributed by atoms with van der Waals surface area (Å²) in [5.74, 6) is 0.176. The van der Waals surface area contributed by atoms with Gasteiger partial charge in [0.05, 0.1) is 0 Å². The van der Waals surface area contributed by atoms with Crippen molar-refractivity contribution in [2.24, 2.45) is 5.92 Å². The molecule has 116 valence electrons. The number of hydrogen-bond acceptors (Lipinski definition) is 1. The van der Waals surface area contributed by atoms with Gasteiger partial charge in [-0.25, -0.2) is 0 Å². The Morgan fingerprint density at radius 2 is 1.77 bits per heavy atom. The fraction of sp³-hybridized carbons (Fsp3) is 0.421. The van der Waals surface area contributed by atoms with Crippen LogP contribution in [0.25, 0.3) is 10.8 Å². The highest BCUT2D eigenvalue weighted by molar-refractivity contribution is 6.36. The van der Waals surface area contributed by atoms with Crippen LogP contribution in [0.3, 0.4) is 0 Å². The van der Waals surface area contributed by atoms with Gasteiger partial charge in [-0.15, -0.1) is 11.6 Å². The Balaban J connectivity index is 1.83. The zero-order valence-electron chi connectivity index (χ0n) is 12.9. The summed E-state index contributed by atoms with van der Waals surface area (Å²) in [5, 5.41) is 5.22. The summed E-state index contributed by atoms with van der Waals surface area (Å²) in [5.41, 5.74) is 0.839. The van der Waals surface area contributed by atoms with Gasteiger partial charge in [0.25, 0.3) is 0 Å². The Kier molecular flexibility index (Phi) is 4.39. The first-order valence-electron chi connectivity index (χ1n) is 8.07. The third kappa shape index (κ3) is 2.98. The number of anilines is 1. The number of halogens is 1. The van der Waals surface area contributed by atoms with E-state index in [-0.39, 0.29) is 11.8 Å². The largest absolute Gasteiger partial charge is 0.324 e. The Hall–Kier alpha value is -1.54. The highest BCUT2D eigenvalue weighted by Gasteiger charge is 2.39. The van der Waals surface area contributed by atoms with Crippen LogP contribution in [-0.4, -0.2) is 10.8 Å². The van der Waals surface area contributed by atoms with Crippen molar-refractivity contribution in [1.82, 2.24) is 0 Å². The van der Waals surface area contributed by atoms with Crippen LogP contribution in [0.5, 0.6) is 0 Å². The molecule has 2 nitrogen and oxygen atoms in total. The molecule has 2 aromatic carbocycles. The highest BCUT2D eigenvalue weighted by atomic mass is 35.5. The van der Waals surface area contributed by atoms with E-state index in [0.29, 0.717) is 0 Å². The third-order valence-corrected chi connectivity index (χ3v) is 5.33. The number of hydrogen-bond donors (Lipinski definition) is 1. The number of carbonyl (C=O) groups excluding carboxylic acids is 1. The number of nitrogens with one attached hydrogen (secondary N) is 1. The molecule has 1 aliphatic carbocycles. The van der Waals surface area contributed by atoms with E-state index in [2.05, 4.69) is 5.32 Å². The van der Waals surface area contributed by atoms with Gasteiger partial charge < -0.3 is 5.32 Å². The van der Waals surface area contributed by atoms with Crippen molar-refractivity contribution >= 4 is 34.0 Å². The standard InChI is InChI=1S/C19H22ClNO/c1-19(20,15-10-3-2-4-11-15)18(22)21-17-13-7-9-14-8-5-6-12-16(14)17/h5-9,12-13,15H,2-4,10-11H2,1H3,(H,21,22). The number of amides is 1. The van der Waals surface area contributed by atoms with Gasteiger partial charge in [-0.3, -0.25) is 4.79 Å². The molecule has 1 saturated carbocycles. The molecule has 0 bridgehead atoms. The maximum atomic E-state index is 12.7. The second-order valence-corrected chi connectivity index (χ2v) is 7.18. The molecule has 0 aliphatic heterocycles. The van der Waals surface area contributed by atoms with Crippen molar-refractivity contribution in [3.63, 3.8) is 0 Å². The summed E-state index contributed by atoms with van der Waals surface area (Å²) in [6.07, 6.45) is 5.70. The predicted octanol–water partition coefficient (Wildman–Crippen LogP) is 5.36. The zero-order valence-corrected chi connectivity index (χ0v) is 13.7. The maximum Gasteiger partial charge on any atom is 0.245 e. The first-order valence-corrected chi connectivity index (χ1v) is 8.45. The molecule has 3 heteroatoms. The first-order chi connectivity index (χ1) is 10.6. The average molecular weight is 316 g/mol. The van der Waals surface area contributed by atoms with Gasteiger partial charge in [-0.1, -0.05) is 55.7 Å². The minimum absolute atomic E-state index is 0.0857. The Morgan fingerprint density at radius 3 is 2.55 bits per heavy atom. The van der Waals surface area contributed by atoms with Gasteiger partial charge in [0, 0.05) is 11.1 Å². The maximum absolute atomic E-state index is 12.7. The molecule has 0 spiro atoms. The Bertz CT molecular complexity index is 669. The smallest absolute Gasteiger partial charge is 0.245 e. The zero-order chi connectivity index (χ0) is 15.6. The molecule has 1 unspecified atom stereocenters. The molecule has 22 heavy (non-hydrogen) atoms. The third-order valence-electron chi connectivity index (χ3n) is 4.85. The van der Waals surface area contributed by atoms with Crippen molar-refractivity contribution in [2.45, 2.75) is 43.9 Å². The van der Waals surface area contributed by atoms with Crippen LogP contribution < -0.4 is 5.32 Å². The lowest BCUT2D eigenvalue weighted by molar-refractivity contribution is -0.119. The number of fused-ring (bicyclic) bond motifs is 1. The molecule has 3 rings (SSSR count). The minimum atomic E-state index is -0.836. The van der Waals surface area contributed by atoms with E-state index in [1.165, 1.54) is 19.3 Å². The fourth-order valence-electron chi connectivity index (χ4n) is 3.41. The predicted molar refractivity (Wildman–Crippen MR) is 93.4 cm³/mol. The van der Waals surface area contributed by atoms with Crippen LogP contribution in [0, 0.1) is 5.92 Å². The average Bonchev–Trinajstić information content (AvgIpc) is 2.56. The molecule has 1 N–H and O–H groups in total. The second-order valence-electron chi connectivity index (χ2n) is 6.39. The highest BCUT2D eigenvalue weighted by Crippen LogP contribution is 2.38. The quantitative estimate of drug-likeness (QED) is 0.759. The number of alkyl halides is 1. The van der Waals surface area contributed by atoms with E-state index >= 15 is 0 Å². The second kappa shape index (κ2) is 6.29. The van der Waals surface area contributed by atoms with Crippen molar-refractivity contribution in [3.8, 4) is 0 Å². The molecule has 0 saturated heterocycles. The minimum Gasteiger partial charge on any atom is -0.324 e. The summed E-state index contributed by atoms with van der Waals surface area (Å²) in [7, 11) is 0.